The number of aryl methyl sites for hydroxylation is 2. The molecule has 1 aliphatic heterocycles. The maximum atomic E-state index is 13.3. The van der Waals surface area contributed by atoms with Crippen molar-refractivity contribution in [3.8, 4) is 5.75 Å². The Kier molecular flexibility index (Phi) is 6.12. The van der Waals surface area contributed by atoms with E-state index in [-0.39, 0.29) is 24.3 Å². The van der Waals surface area contributed by atoms with Gasteiger partial charge in [0.25, 0.3) is 0 Å². The van der Waals surface area contributed by atoms with Crippen LogP contribution < -0.4 is 10.1 Å². The second-order valence-electron chi connectivity index (χ2n) is 8.26. The monoisotopic (exact) mass is 435 g/mol. The van der Waals surface area contributed by atoms with Crippen LogP contribution in [0.4, 0.5) is 5.69 Å². The highest BCUT2D eigenvalue weighted by Crippen LogP contribution is 2.39. The maximum absolute atomic E-state index is 13.3. The highest BCUT2D eigenvalue weighted by Gasteiger charge is 2.44. The molecule has 2 amide bonds. The first-order valence-corrected chi connectivity index (χ1v) is 11.0. The Morgan fingerprint density at radius 2 is 2.03 bits per heavy atom. The van der Waals surface area contributed by atoms with E-state index in [4.69, 9.17) is 4.74 Å². The molecular formula is C24H29N5O3. The summed E-state index contributed by atoms with van der Waals surface area (Å²) in [6.45, 7) is 4.64. The van der Waals surface area contributed by atoms with Gasteiger partial charge in [0.05, 0.1) is 36.6 Å². The molecule has 1 N–H and O–H groups in total. The first-order chi connectivity index (χ1) is 15.4. The summed E-state index contributed by atoms with van der Waals surface area (Å²) in [6, 6.07) is 9.19. The molecule has 0 saturated carbocycles. The van der Waals surface area contributed by atoms with Crippen LogP contribution in [0.3, 0.4) is 0 Å². The van der Waals surface area contributed by atoms with Crippen LogP contribution >= 0.6 is 0 Å². The smallest absolute Gasteiger partial charge is 0.230 e. The van der Waals surface area contributed by atoms with Crippen molar-refractivity contribution in [3.63, 3.8) is 0 Å². The number of amides is 2. The molecule has 0 radical (unpaired) electrons. The molecule has 8 heteroatoms. The van der Waals surface area contributed by atoms with Crippen LogP contribution in [-0.2, 0) is 16.6 Å². The third kappa shape index (κ3) is 4.04. The summed E-state index contributed by atoms with van der Waals surface area (Å²) in [7, 11) is 3.46. The minimum Gasteiger partial charge on any atom is -0.497 e. The number of carbonyl (C=O) groups excluding carboxylic acids is 2. The normalized spacial score (nSPS) is 18.4. The molecule has 2 unspecified atom stereocenters. The number of carbonyl (C=O) groups is 2. The molecular weight excluding hydrogens is 406 g/mol. The zero-order valence-corrected chi connectivity index (χ0v) is 19.0. The Balaban J connectivity index is 1.62. The minimum absolute atomic E-state index is 0.0103. The number of aromatic nitrogens is 3. The van der Waals surface area contributed by atoms with E-state index in [1.54, 1.807) is 18.0 Å². The van der Waals surface area contributed by atoms with Crippen molar-refractivity contribution in [2.24, 2.45) is 13.0 Å². The summed E-state index contributed by atoms with van der Waals surface area (Å²) in [6.07, 6.45) is 3.70. The number of fused-ring (bicyclic) bond motifs is 1. The third-order valence-electron chi connectivity index (χ3n) is 6.11. The average Bonchev–Trinajstić information content (AvgIpc) is 3.27. The van der Waals surface area contributed by atoms with Crippen LogP contribution in [0.25, 0.3) is 11.0 Å². The number of unbranched alkanes of at least 4 members (excludes halogenated alkanes) is 1. The number of hydrogen-bond acceptors (Lipinski definition) is 5. The lowest BCUT2D eigenvalue weighted by atomic mass is 9.92. The Labute approximate surface area is 187 Å². The van der Waals surface area contributed by atoms with Crippen molar-refractivity contribution in [2.45, 2.75) is 39.2 Å². The molecule has 1 saturated heterocycles. The van der Waals surface area contributed by atoms with E-state index < -0.39 is 5.92 Å². The number of nitrogens with one attached hydrogen (secondary N) is 1. The third-order valence-corrected chi connectivity index (χ3v) is 6.11. The molecule has 32 heavy (non-hydrogen) atoms. The predicted molar refractivity (Wildman–Crippen MR) is 122 cm³/mol. The second-order valence-corrected chi connectivity index (χ2v) is 8.26. The molecule has 3 aromatic rings. The van der Waals surface area contributed by atoms with Gasteiger partial charge in [0.1, 0.15) is 5.75 Å². The summed E-state index contributed by atoms with van der Waals surface area (Å²) in [5.41, 5.74) is 3.15. The molecule has 3 heterocycles. The van der Waals surface area contributed by atoms with Crippen LogP contribution in [0, 0.1) is 12.8 Å². The predicted octanol–water partition coefficient (Wildman–Crippen LogP) is 3.61. The summed E-state index contributed by atoms with van der Waals surface area (Å²) >= 11 is 0. The SMILES string of the molecule is CCCCN1C(=O)CC(C(=O)Nc2cnc3c(c2)c(C)nn3C)C1c1ccc(OC)cc1. The Bertz CT molecular complexity index is 1140. The summed E-state index contributed by atoms with van der Waals surface area (Å²) in [5, 5.41) is 8.26. The fourth-order valence-corrected chi connectivity index (χ4v) is 4.44. The molecule has 4 rings (SSSR count). The van der Waals surface area contributed by atoms with E-state index >= 15 is 0 Å². The van der Waals surface area contributed by atoms with Gasteiger partial charge in [0.15, 0.2) is 5.65 Å². The number of methoxy groups -OCH3 is 1. The largest absolute Gasteiger partial charge is 0.497 e. The number of hydrogen-bond donors (Lipinski definition) is 1. The standard InChI is InChI=1S/C24H29N5O3/c1-5-6-11-29-21(30)13-20(22(29)16-7-9-18(32-4)10-8-16)24(31)26-17-12-19-15(2)27-28(3)23(19)25-14-17/h7-10,12,14,20,22H,5-6,11,13H2,1-4H3,(H,26,31). The van der Waals surface area contributed by atoms with Crippen molar-refractivity contribution in [3.05, 3.63) is 47.8 Å². The number of pyridine rings is 1. The molecule has 1 aromatic carbocycles. The van der Waals surface area contributed by atoms with Gasteiger partial charge < -0.3 is 15.0 Å². The fourth-order valence-electron chi connectivity index (χ4n) is 4.44. The molecule has 0 bridgehead atoms. The van der Waals surface area contributed by atoms with Gasteiger partial charge in [-0.25, -0.2) is 4.98 Å². The van der Waals surface area contributed by atoms with Crippen molar-refractivity contribution in [2.75, 3.05) is 19.0 Å². The zero-order chi connectivity index (χ0) is 22.8. The molecule has 2 aromatic heterocycles. The lowest BCUT2D eigenvalue weighted by Crippen LogP contribution is -2.33. The van der Waals surface area contributed by atoms with E-state index in [0.717, 1.165) is 40.9 Å². The molecule has 1 fully saturated rings. The summed E-state index contributed by atoms with van der Waals surface area (Å²) in [5.74, 6) is 0.0841. The van der Waals surface area contributed by atoms with Crippen LogP contribution in [0.2, 0.25) is 0 Å². The maximum Gasteiger partial charge on any atom is 0.230 e. The molecule has 0 spiro atoms. The molecule has 0 aliphatic carbocycles. The van der Waals surface area contributed by atoms with Crippen LogP contribution in [0.15, 0.2) is 36.5 Å². The quantitative estimate of drug-likeness (QED) is 0.612. The first kappa shape index (κ1) is 21.8. The van der Waals surface area contributed by atoms with E-state index in [2.05, 4.69) is 22.3 Å². The lowest BCUT2D eigenvalue weighted by molar-refractivity contribution is -0.129. The molecule has 1 aliphatic rings. The number of ether oxygens (including phenoxy) is 1. The van der Waals surface area contributed by atoms with Gasteiger partial charge in [-0.15, -0.1) is 0 Å². The van der Waals surface area contributed by atoms with Crippen LogP contribution in [-0.4, -0.2) is 45.1 Å². The van der Waals surface area contributed by atoms with E-state index in [1.165, 1.54) is 0 Å². The number of likely N-dealkylation sites (tertiary alicyclic amines) is 1. The summed E-state index contributed by atoms with van der Waals surface area (Å²) < 4.78 is 6.99. The molecule has 8 nitrogen and oxygen atoms in total. The zero-order valence-electron chi connectivity index (χ0n) is 19.0. The van der Waals surface area contributed by atoms with Crippen molar-refractivity contribution in [1.29, 1.82) is 0 Å². The molecule has 2 atom stereocenters. The van der Waals surface area contributed by atoms with Crippen LogP contribution in [0.5, 0.6) is 5.75 Å². The average molecular weight is 436 g/mol. The number of benzene rings is 1. The van der Waals surface area contributed by atoms with E-state index in [9.17, 15) is 9.59 Å². The summed E-state index contributed by atoms with van der Waals surface area (Å²) in [4.78, 5) is 32.5. The highest BCUT2D eigenvalue weighted by molar-refractivity contribution is 5.99. The van der Waals surface area contributed by atoms with Gasteiger partial charge in [-0.3, -0.25) is 14.3 Å². The Morgan fingerprint density at radius 1 is 1.28 bits per heavy atom. The highest BCUT2D eigenvalue weighted by atomic mass is 16.5. The minimum atomic E-state index is -0.488. The van der Waals surface area contributed by atoms with Crippen molar-refractivity contribution >= 4 is 28.5 Å². The van der Waals surface area contributed by atoms with Gasteiger partial charge in [-0.2, -0.15) is 5.10 Å². The first-order valence-electron chi connectivity index (χ1n) is 11.0. The van der Waals surface area contributed by atoms with Gasteiger partial charge in [-0.1, -0.05) is 25.5 Å². The van der Waals surface area contributed by atoms with E-state index in [0.29, 0.717) is 12.2 Å². The number of anilines is 1. The Morgan fingerprint density at radius 3 is 2.72 bits per heavy atom. The lowest BCUT2D eigenvalue weighted by Gasteiger charge is -2.28. The Hall–Kier alpha value is -3.42. The van der Waals surface area contributed by atoms with Crippen molar-refractivity contribution in [1.82, 2.24) is 19.7 Å². The van der Waals surface area contributed by atoms with Gasteiger partial charge in [0.2, 0.25) is 11.8 Å². The second kappa shape index (κ2) is 8.98. The van der Waals surface area contributed by atoms with Crippen LogP contribution in [0.1, 0.15) is 43.5 Å². The van der Waals surface area contributed by atoms with E-state index in [1.807, 2.05) is 49.2 Å². The number of rotatable bonds is 7. The van der Waals surface area contributed by atoms with Gasteiger partial charge in [0, 0.05) is 25.4 Å². The number of nitrogens with zero attached hydrogens (tertiary/aromatic N) is 4. The van der Waals surface area contributed by atoms with Crippen molar-refractivity contribution < 1.29 is 14.3 Å². The van der Waals surface area contributed by atoms with Gasteiger partial charge >= 0.3 is 0 Å². The molecule has 168 valence electrons. The fraction of sp³-hybridized carbons (Fsp3) is 0.417. The topological polar surface area (TPSA) is 89.4 Å². The van der Waals surface area contributed by atoms with Gasteiger partial charge in [-0.05, 0) is 37.1 Å².